The molecule has 0 aliphatic rings. The molecule has 0 amide bonds. The number of hydrogen-bond acceptors (Lipinski definition) is 7. The zero-order valence-corrected chi connectivity index (χ0v) is 13.7. The third-order valence-electron chi connectivity index (χ3n) is 3.64. The highest BCUT2D eigenvalue weighted by Crippen LogP contribution is 2.33. The molecule has 4 rings (SSSR count). The van der Waals surface area contributed by atoms with Crippen LogP contribution in [0.3, 0.4) is 0 Å². The van der Waals surface area contributed by atoms with E-state index in [0.717, 1.165) is 26.9 Å². The van der Waals surface area contributed by atoms with Gasteiger partial charge < -0.3 is 4.42 Å². The topological polar surface area (TPSA) is 94.1 Å². The number of nitrogens with one attached hydrogen (secondary N) is 1. The molecule has 0 spiro atoms. The van der Waals surface area contributed by atoms with Crippen LogP contribution in [0.15, 0.2) is 34.7 Å². The van der Waals surface area contributed by atoms with Crippen LogP contribution in [0.4, 0.5) is 16.8 Å². The molecular formula is C16H12N4O3S. The van der Waals surface area contributed by atoms with E-state index in [9.17, 15) is 10.1 Å². The Morgan fingerprint density at radius 3 is 2.83 bits per heavy atom. The molecule has 0 fully saturated rings. The van der Waals surface area contributed by atoms with E-state index in [-0.39, 0.29) is 5.69 Å². The standard InChI is InChI=1S/C16H12N4O3S/c1-8-3-4-12-11(5-8)17-15(23-12)19-16-18-14-9(2)6-10(20(21)22)7-13(14)24-16/h3-7H,1-2H3,(H,17,18,19). The van der Waals surface area contributed by atoms with E-state index in [1.54, 1.807) is 6.92 Å². The fourth-order valence-corrected chi connectivity index (χ4v) is 3.49. The Bertz CT molecular complexity index is 1100. The number of aryl methyl sites for hydroxylation is 2. The van der Waals surface area contributed by atoms with Gasteiger partial charge in [0.05, 0.1) is 15.1 Å². The fraction of sp³-hybridized carbons (Fsp3) is 0.125. The lowest BCUT2D eigenvalue weighted by molar-refractivity contribution is -0.384. The molecule has 2 aromatic heterocycles. The Hall–Kier alpha value is -3.00. The molecule has 0 saturated heterocycles. The van der Waals surface area contributed by atoms with Gasteiger partial charge in [0.15, 0.2) is 10.7 Å². The number of fused-ring (bicyclic) bond motifs is 2. The van der Waals surface area contributed by atoms with Crippen LogP contribution in [0.2, 0.25) is 0 Å². The molecule has 2 heterocycles. The van der Waals surface area contributed by atoms with Gasteiger partial charge in [0.1, 0.15) is 5.52 Å². The second-order valence-electron chi connectivity index (χ2n) is 5.50. The van der Waals surface area contributed by atoms with E-state index >= 15 is 0 Å². The van der Waals surface area contributed by atoms with Crippen molar-refractivity contribution in [1.29, 1.82) is 0 Å². The summed E-state index contributed by atoms with van der Waals surface area (Å²) in [7, 11) is 0. The summed E-state index contributed by atoms with van der Waals surface area (Å²) in [6.45, 7) is 3.80. The van der Waals surface area contributed by atoms with Crippen LogP contribution < -0.4 is 5.32 Å². The molecule has 4 aromatic rings. The Balaban J connectivity index is 1.73. The van der Waals surface area contributed by atoms with Gasteiger partial charge in [-0.05, 0) is 37.1 Å². The van der Waals surface area contributed by atoms with Crippen molar-refractivity contribution < 1.29 is 9.34 Å². The van der Waals surface area contributed by atoms with Gasteiger partial charge in [-0.15, -0.1) is 0 Å². The fourth-order valence-electron chi connectivity index (χ4n) is 2.52. The maximum atomic E-state index is 11.0. The SMILES string of the molecule is Cc1ccc2oc(Nc3nc4c(C)cc([N+](=O)[O-])cc4s3)nc2c1. The van der Waals surface area contributed by atoms with Gasteiger partial charge in [-0.3, -0.25) is 15.4 Å². The smallest absolute Gasteiger partial charge is 0.302 e. The number of nitro benzene ring substituents is 1. The summed E-state index contributed by atoms with van der Waals surface area (Å²) in [4.78, 5) is 19.4. The minimum Gasteiger partial charge on any atom is -0.423 e. The van der Waals surface area contributed by atoms with Crippen molar-refractivity contribution in [3.8, 4) is 0 Å². The zero-order valence-electron chi connectivity index (χ0n) is 12.9. The first kappa shape index (κ1) is 14.6. The molecule has 0 atom stereocenters. The Morgan fingerprint density at radius 2 is 2.04 bits per heavy atom. The Labute approximate surface area is 140 Å². The monoisotopic (exact) mass is 340 g/mol. The van der Waals surface area contributed by atoms with Crippen LogP contribution >= 0.6 is 11.3 Å². The van der Waals surface area contributed by atoms with Crippen LogP contribution in [-0.4, -0.2) is 14.9 Å². The summed E-state index contributed by atoms with van der Waals surface area (Å²) in [5.41, 5.74) is 4.12. The van der Waals surface area contributed by atoms with Gasteiger partial charge in [-0.25, -0.2) is 4.98 Å². The second kappa shape index (κ2) is 5.27. The van der Waals surface area contributed by atoms with Crippen LogP contribution in [0, 0.1) is 24.0 Å². The molecule has 0 saturated carbocycles. The molecule has 0 aliphatic carbocycles. The molecule has 8 heteroatoms. The summed E-state index contributed by atoms with van der Waals surface area (Å²) >= 11 is 1.32. The zero-order chi connectivity index (χ0) is 16.8. The predicted molar refractivity (Wildman–Crippen MR) is 93.0 cm³/mol. The lowest BCUT2D eigenvalue weighted by atomic mass is 10.2. The normalized spacial score (nSPS) is 11.2. The minimum atomic E-state index is -0.400. The highest BCUT2D eigenvalue weighted by atomic mass is 32.1. The summed E-state index contributed by atoms with van der Waals surface area (Å²) in [6, 6.07) is 9.17. The minimum absolute atomic E-state index is 0.0625. The molecule has 0 bridgehead atoms. The van der Waals surface area contributed by atoms with E-state index < -0.39 is 4.92 Å². The average molecular weight is 340 g/mol. The first-order valence-electron chi connectivity index (χ1n) is 7.19. The third-order valence-corrected chi connectivity index (χ3v) is 4.56. The van der Waals surface area contributed by atoms with Gasteiger partial charge in [0.25, 0.3) is 5.69 Å². The number of nitro groups is 1. The molecule has 120 valence electrons. The number of hydrogen-bond donors (Lipinski definition) is 1. The largest absolute Gasteiger partial charge is 0.423 e. The lowest BCUT2D eigenvalue weighted by Gasteiger charge is -1.95. The van der Waals surface area contributed by atoms with E-state index in [1.165, 1.54) is 23.5 Å². The number of benzene rings is 2. The Morgan fingerprint density at radius 1 is 1.21 bits per heavy atom. The van der Waals surface area contributed by atoms with Gasteiger partial charge in [0.2, 0.25) is 0 Å². The number of nitrogens with zero attached hydrogens (tertiary/aromatic N) is 3. The summed E-state index contributed by atoms with van der Waals surface area (Å²) < 4.78 is 6.40. The van der Waals surface area contributed by atoms with Crippen molar-refractivity contribution >= 4 is 49.5 Å². The van der Waals surface area contributed by atoms with E-state index in [0.29, 0.717) is 16.7 Å². The van der Waals surface area contributed by atoms with Gasteiger partial charge in [-0.2, -0.15) is 4.98 Å². The number of non-ortho nitro benzene ring substituents is 1. The molecule has 0 aliphatic heterocycles. The van der Waals surface area contributed by atoms with Crippen molar-refractivity contribution in [2.24, 2.45) is 0 Å². The molecule has 2 aromatic carbocycles. The lowest BCUT2D eigenvalue weighted by Crippen LogP contribution is -1.89. The maximum absolute atomic E-state index is 11.0. The Kier molecular flexibility index (Phi) is 3.20. The van der Waals surface area contributed by atoms with Crippen LogP contribution in [0.5, 0.6) is 0 Å². The molecule has 24 heavy (non-hydrogen) atoms. The molecule has 1 N–H and O–H groups in total. The molecular weight excluding hydrogens is 328 g/mol. The van der Waals surface area contributed by atoms with E-state index in [2.05, 4.69) is 15.3 Å². The average Bonchev–Trinajstić information content (AvgIpc) is 3.10. The van der Waals surface area contributed by atoms with Crippen molar-refractivity contribution in [3.63, 3.8) is 0 Å². The maximum Gasteiger partial charge on any atom is 0.302 e. The van der Waals surface area contributed by atoms with Gasteiger partial charge >= 0.3 is 6.01 Å². The number of rotatable bonds is 3. The third kappa shape index (κ3) is 2.46. The molecule has 0 radical (unpaired) electrons. The van der Waals surface area contributed by atoms with Crippen LogP contribution in [-0.2, 0) is 0 Å². The van der Waals surface area contributed by atoms with Crippen LogP contribution in [0.25, 0.3) is 21.3 Å². The van der Waals surface area contributed by atoms with Crippen molar-refractivity contribution in [2.45, 2.75) is 13.8 Å². The van der Waals surface area contributed by atoms with E-state index in [4.69, 9.17) is 4.42 Å². The predicted octanol–water partition coefficient (Wildman–Crippen LogP) is 4.71. The number of anilines is 2. The highest BCUT2D eigenvalue weighted by Gasteiger charge is 2.15. The second-order valence-corrected chi connectivity index (χ2v) is 6.53. The highest BCUT2D eigenvalue weighted by molar-refractivity contribution is 7.22. The number of aromatic nitrogens is 2. The quantitative estimate of drug-likeness (QED) is 0.429. The summed E-state index contributed by atoms with van der Waals surface area (Å²) in [5.74, 6) is 0. The van der Waals surface area contributed by atoms with Crippen molar-refractivity contribution in [1.82, 2.24) is 9.97 Å². The first-order valence-corrected chi connectivity index (χ1v) is 8.01. The van der Waals surface area contributed by atoms with Gasteiger partial charge in [0, 0.05) is 12.1 Å². The van der Waals surface area contributed by atoms with E-state index in [1.807, 2.05) is 25.1 Å². The number of thiazole rings is 1. The van der Waals surface area contributed by atoms with Crippen LogP contribution in [0.1, 0.15) is 11.1 Å². The first-order chi connectivity index (χ1) is 11.5. The van der Waals surface area contributed by atoms with Crippen molar-refractivity contribution in [2.75, 3.05) is 5.32 Å². The molecule has 7 nitrogen and oxygen atoms in total. The van der Waals surface area contributed by atoms with Crippen molar-refractivity contribution in [3.05, 3.63) is 51.6 Å². The van der Waals surface area contributed by atoms with Gasteiger partial charge in [-0.1, -0.05) is 17.4 Å². The number of oxazole rings is 1. The molecule has 0 unspecified atom stereocenters. The summed E-state index contributed by atoms with van der Waals surface area (Å²) in [5, 5.41) is 14.6. The summed E-state index contributed by atoms with van der Waals surface area (Å²) in [6.07, 6.45) is 0.